The van der Waals surface area contributed by atoms with Gasteiger partial charge < -0.3 is 15.1 Å². The number of anilines is 2. The van der Waals surface area contributed by atoms with Gasteiger partial charge in [0, 0.05) is 44.4 Å². The molecule has 3 amide bonds. The average Bonchev–Trinajstić information content (AvgIpc) is 2.96. The standard InChI is InChI=1S/C19H27N3O3/c1-4-10-21(11-5-2)19(25)15-12-18(24)22(13-15)17-8-6-16(7-9-17)20-14(3)23/h6-9,15H,4-5,10-13H2,1-3H3,(H,20,23). The molecule has 6 nitrogen and oxygen atoms in total. The van der Waals surface area contributed by atoms with Crippen molar-refractivity contribution in [2.24, 2.45) is 5.92 Å². The molecule has 0 bridgehead atoms. The fourth-order valence-corrected chi connectivity index (χ4v) is 3.18. The number of hydrogen-bond donors (Lipinski definition) is 1. The molecule has 6 heteroatoms. The minimum absolute atomic E-state index is 0.0291. The highest BCUT2D eigenvalue weighted by molar-refractivity contribution is 6.00. The van der Waals surface area contributed by atoms with Crippen LogP contribution >= 0.6 is 0 Å². The lowest BCUT2D eigenvalue weighted by atomic mass is 10.1. The van der Waals surface area contributed by atoms with Crippen LogP contribution in [0.1, 0.15) is 40.0 Å². The Kier molecular flexibility index (Phi) is 6.56. The van der Waals surface area contributed by atoms with E-state index in [0.29, 0.717) is 12.2 Å². The summed E-state index contributed by atoms with van der Waals surface area (Å²) in [5.41, 5.74) is 1.44. The molecule has 0 radical (unpaired) electrons. The fraction of sp³-hybridized carbons (Fsp3) is 0.526. The smallest absolute Gasteiger partial charge is 0.228 e. The Bertz CT molecular complexity index is 621. The van der Waals surface area contributed by atoms with Gasteiger partial charge in [0.25, 0.3) is 0 Å². The van der Waals surface area contributed by atoms with Crippen molar-refractivity contribution in [2.75, 3.05) is 29.9 Å². The van der Waals surface area contributed by atoms with Crippen molar-refractivity contribution in [3.8, 4) is 0 Å². The molecule has 1 heterocycles. The normalized spacial score (nSPS) is 16.8. The largest absolute Gasteiger partial charge is 0.342 e. The third-order valence-corrected chi connectivity index (χ3v) is 4.27. The van der Waals surface area contributed by atoms with Crippen LogP contribution in [-0.2, 0) is 14.4 Å². The zero-order valence-corrected chi connectivity index (χ0v) is 15.2. The maximum Gasteiger partial charge on any atom is 0.228 e. The van der Waals surface area contributed by atoms with E-state index in [1.165, 1.54) is 6.92 Å². The van der Waals surface area contributed by atoms with Crippen LogP contribution in [0.15, 0.2) is 24.3 Å². The molecule has 136 valence electrons. The van der Waals surface area contributed by atoms with Crippen molar-refractivity contribution < 1.29 is 14.4 Å². The van der Waals surface area contributed by atoms with Crippen molar-refractivity contribution in [3.05, 3.63) is 24.3 Å². The van der Waals surface area contributed by atoms with Crippen LogP contribution in [0.4, 0.5) is 11.4 Å². The van der Waals surface area contributed by atoms with E-state index < -0.39 is 0 Å². The molecule has 25 heavy (non-hydrogen) atoms. The van der Waals surface area contributed by atoms with Gasteiger partial charge in [-0.15, -0.1) is 0 Å². The first-order chi connectivity index (χ1) is 12.0. The maximum atomic E-state index is 12.7. The van der Waals surface area contributed by atoms with E-state index in [1.807, 2.05) is 4.90 Å². The minimum atomic E-state index is -0.277. The van der Waals surface area contributed by atoms with E-state index in [1.54, 1.807) is 29.2 Å². The maximum absolute atomic E-state index is 12.7. The van der Waals surface area contributed by atoms with Crippen molar-refractivity contribution >= 4 is 29.1 Å². The molecular formula is C19H27N3O3. The Morgan fingerprint density at radius 3 is 2.28 bits per heavy atom. The highest BCUT2D eigenvalue weighted by Crippen LogP contribution is 2.27. The molecule has 2 rings (SSSR count). The predicted molar refractivity (Wildman–Crippen MR) is 98.4 cm³/mol. The van der Waals surface area contributed by atoms with E-state index in [-0.39, 0.29) is 30.1 Å². The van der Waals surface area contributed by atoms with Gasteiger partial charge >= 0.3 is 0 Å². The quantitative estimate of drug-likeness (QED) is 0.826. The summed E-state index contributed by atoms with van der Waals surface area (Å²) in [4.78, 5) is 39.7. The molecule has 1 aromatic rings. The van der Waals surface area contributed by atoms with E-state index >= 15 is 0 Å². The third kappa shape index (κ3) is 4.81. The molecule has 1 aliphatic rings. The summed E-state index contributed by atoms with van der Waals surface area (Å²) in [7, 11) is 0. The Hall–Kier alpha value is -2.37. The van der Waals surface area contributed by atoms with Crippen LogP contribution in [0.2, 0.25) is 0 Å². The zero-order chi connectivity index (χ0) is 18.4. The van der Waals surface area contributed by atoms with Gasteiger partial charge in [0.1, 0.15) is 0 Å². The second-order valence-electron chi connectivity index (χ2n) is 6.46. The lowest BCUT2D eigenvalue weighted by molar-refractivity contribution is -0.135. The number of nitrogens with one attached hydrogen (secondary N) is 1. The molecule has 1 N–H and O–H groups in total. The topological polar surface area (TPSA) is 69.7 Å². The van der Waals surface area contributed by atoms with Crippen molar-refractivity contribution in [2.45, 2.75) is 40.0 Å². The molecule has 1 unspecified atom stereocenters. The molecule has 1 atom stereocenters. The SMILES string of the molecule is CCCN(CCC)C(=O)C1CC(=O)N(c2ccc(NC(C)=O)cc2)C1. The third-order valence-electron chi connectivity index (χ3n) is 4.27. The Balaban J connectivity index is 2.06. The molecular weight excluding hydrogens is 318 g/mol. The molecule has 0 saturated carbocycles. The first-order valence-electron chi connectivity index (χ1n) is 8.93. The Labute approximate surface area is 149 Å². The van der Waals surface area contributed by atoms with Crippen molar-refractivity contribution in [1.29, 1.82) is 0 Å². The van der Waals surface area contributed by atoms with Crippen LogP contribution in [0.25, 0.3) is 0 Å². The Morgan fingerprint density at radius 1 is 1.16 bits per heavy atom. The van der Waals surface area contributed by atoms with E-state index in [0.717, 1.165) is 31.6 Å². The van der Waals surface area contributed by atoms with Crippen LogP contribution in [0.3, 0.4) is 0 Å². The average molecular weight is 345 g/mol. The fourth-order valence-electron chi connectivity index (χ4n) is 3.18. The number of carbonyl (C=O) groups excluding carboxylic acids is 3. The lowest BCUT2D eigenvalue weighted by Crippen LogP contribution is -2.38. The molecule has 1 saturated heterocycles. The van der Waals surface area contributed by atoms with E-state index in [4.69, 9.17) is 0 Å². The zero-order valence-electron chi connectivity index (χ0n) is 15.2. The van der Waals surface area contributed by atoms with Crippen LogP contribution < -0.4 is 10.2 Å². The molecule has 1 aliphatic heterocycles. The van der Waals surface area contributed by atoms with E-state index in [9.17, 15) is 14.4 Å². The number of amides is 3. The first kappa shape index (κ1) is 19.0. The summed E-state index contributed by atoms with van der Waals surface area (Å²) >= 11 is 0. The summed E-state index contributed by atoms with van der Waals surface area (Å²) in [6.45, 7) is 7.45. The molecule has 1 aromatic carbocycles. The van der Waals surface area contributed by atoms with Gasteiger partial charge in [0.05, 0.1) is 5.92 Å². The lowest BCUT2D eigenvalue weighted by Gasteiger charge is -2.24. The summed E-state index contributed by atoms with van der Waals surface area (Å²) in [5.74, 6) is -0.365. The van der Waals surface area contributed by atoms with Crippen molar-refractivity contribution in [1.82, 2.24) is 4.90 Å². The van der Waals surface area contributed by atoms with Gasteiger partial charge in [-0.25, -0.2) is 0 Å². The van der Waals surface area contributed by atoms with Gasteiger partial charge in [0.15, 0.2) is 0 Å². The molecule has 1 fully saturated rings. The highest BCUT2D eigenvalue weighted by atomic mass is 16.2. The molecule has 0 aliphatic carbocycles. The van der Waals surface area contributed by atoms with Crippen LogP contribution in [0.5, 0.6) is 0 Å². The van der Waals surface area contributed by atoms with Gasteiger partial charge in [-0.2, -0.15) is 0 Å². The van der Waals surface area contributed by atoms with E-state index in [2.05, 4.69) is 19.2 Å². The monoisotopic (exact) mass is 345 g/mol. The number of carbonyl (C=O) groups is 3. The van der Waals surface area contributed by atoms with Gasteiger partial charge in [0.2, 0.25) is 17.7 Å². The number of nitrogens with zero attached hydrogens (tertiary/aromatic N) is 2. The second-order valence-corrected chi connectivity index (χ2v) is 6.46. The second kappa shape index (κ2) is 8.65. The van der Waals surface area contributed by atoms with Crippen LogP contribution in [-0.4, -0.2) is 42.3 Å². The minimum Gasteiger partial charge on any atom is -0.342 e. The summed E-state index contributed by atoms with van der Waals surface area (Å²) < 4.78 is 0. The summed E-state index contributed by atoms with van der Waals surface area (Å²) in [6, 6.07) is 7.12. The molecule has 0 aromatic heterocycles. The predicted octanol–water partition coefficient (Wildman–Crippen LogP) is 2.65. The highest BCUT2D eigenvalue weighted by Gasteiger charge is 2.36. The van der Waals surface area contributed by atoms with Gasteiger partial charge in [-0.3, -0.25) is 14.4 Å². The number of benzene rings is 1. The van der Waals surface area contributed by atoms with Crippen molar-refractivity contribution in [3.63, 3.8) is 0 Å². The Morgan fingerprint density at radius 2 is 1.76 bits per heavy atom. The number of rotatable bonds is 7. The van der Waals surface area contributed by atoms with Gasteiger partial charge in [-0.05, 0) is 37.1 Å². The number of hydrogen-bond acceptors (Lipinski definition) is 3. The van der Waals surface area contributed by atoms with Gasteiger partial charge in [-0.1, -0.05) is 13.8 Å². The summed E-state index contributed by atoms with van der Waals surface area (Å²) in [5, 5.41) is 2.70. The summed E-state index contributed by atoms with van der Waals surface area (Å²) in [6.07, 6.45) is 2.09. The molecule has 0 spiro atoms. The van der Waals surface area contributed by atoms with Crippen LogP contribution in [0, 0.1) is 5.92 Å². The first-order valence-corrected chi connectivity index (χ1v) is 8.93.